The van der Waals surface area contributed by atoms with E-state index in [1.54, 1.807) is 18.2 Å². The first-order valence-electron chi connectivity index (χ1n) is 11.2. The van der Waals surface area contributed by atoms with Crippen LogP contribution in [0.15, 0.2) is 42.1 Å². The first-order valence-corrected chi connectivity index (χ1v) is 11.6. The number of carbonyl (C=O) groups excluding carboxylic acids is 2. The molecule has 5 N–H and O–H groups in total. The molecule has 6 atom stereocenters. The summed E-state index contributed by atoms with van der Waals surface area (Å²) in [4.78, 5) is 44.9. The molecular formula is C22H26ClN5O10. The van der Waals surface area contributed by atoms with Gasteiger partial charge in [-0.15, -0.1) is 11.6 Å². The number of amides is 3. The van der Waals surface area contributed by atoms with Gasteiger partial charge >= 0.3 is 6.03 Å². The second-order valence-electron chi connectivity index (χ2n) is 8.82. The Kier molecular flexibility index (Phi) is 9.01. The molecule has 2 aliphatic rings. The number of nitro groups is 2. The monoisotopic (exact) mass is 555 g/mol. The Bertz CT molecular complexity index is 1140. The topological polar surface area (TPSA) is 215 Å². The van der Waals surface area contributed by atoms with Crippen LogP contribution in [0, 0.1) is 20.2 Å². The fraction of sp³-hybridized carbons (Fsp3) is 0.455. The number of nitrogens with zero attached hydrogens (tertiary/aromatic N) is 2. The number of halogens is 1. The molecule has 38 heavy (non-hydrogen) atoms. The molecule has 1 saturated heterocycles. The molecular weight excluding hydrogens is 530 g/mol. The lowest BCUT2D eigenvalue weighted by atomic mass is 9.96. The summed E-state index contributed by atoms with van der Waals surface area (Å²) in [5.41, 5.74) is -1.28. The Hall–Kier alpha value is -3.63. The second-order valence-corrected chi connectivity index (χ2v) is 9.68. The van der Waals surface area contributed by atoms with E-state index in [-0.39, 0.29) is 6.54 Å². The minimum absolute atomic E-state index is 0.244. The van der Waals surface area contributed by atoms with E-state index in [0.29, 0.717) is 18.2 Å². The average Bonchev–Trinajstić information content (AvgIpc) is 2.87. The van der Waals surface area contributed by atoms with E-state index in [0.717, 1.165) is 12.1 Å². The lowest BCUT2D eigenvalue weighted by Gasteiger charge is -2.42. The molecule has 1 aromatic carbocycles. The molecule has 3 rings (SSSR count). The molecule has 1 heterocycles. The van der Waals surface area contributed by atoms with Crippen LogP contribution in [-0.2, 0) is 9.47 Å². The summed E-state index contributed by atoms with van der Waals surface area (Å²) in [5.74, 6) is -1.02. The molecule has 0 aromatic heterocycles. The van der Waals surface area contributed by atoms with Gasteiger partial charge in [0.1, 0.15) is 24.4 Å². The summed E-state index contributed by atoms with van der Waals surface area (Å²) in [7, 11) is 1.20. The zero-order chi connectivity index (χ0) is 28.2. The number of rotatable bonds is 8. The third-order valence-electron chi connectivity index (χ3n) is 5.87. The predicted molar refractivity (Wildman–Crippen MR) is 131 cm³/mol. The lowest BCUT2D eigenvalue weighted by molar-refractivity contribution is -0.394. The Morgan fingerprint density at radius 1 is 1.18 bits per heavy atom. The van der Waals surface area contributed by atoms with Crippen LogP contribution in [0.3, 0.4) is 0 Å². The molecule has 0 bridgehead atoms. The summed E-state index contributed by atoms with van der Waals surface area (Å²) in [5, 5.41) is 50.9. The van der Waals surface area contributed by atoms with Crippen molar-refractivity contribution in [2.75, 3.05) is 13.7 Å². The van der Waals surface area contributed by atoms with E-state index in [1.807, 2.05) is 6.92 Å². The summed E-state index contributed by atoms with van der Waals surface area (Å²) in [6.45, 7) is 1.58. The maximum atomic E-state index is 12.8. The Morgan fingerprint density at radius 2 is 1.82 bits per heavy atom. The van der Waals surface area contributed by atoms with Crippen LogP contribution >= 0.6 is 11.6 Å². The Balaban J connectivity index is 1.64. The zero-order valence-electron chi connectivity index (χ0n) is 20.2. The smallest absolute Gasteiger partial charge is 0.319 e. The molecule has 2 unspecified atom stereocenters. The minimum atomic E-state index is -1.66. The standard InChI is InChI=1S/C22H26ClN5O10/c1-22(23)5-3-12(4-6-22)25-21(32)24-10-15-17(29)18(30)16(20(37-2)38-15)26-19(31)11-7-13(27(33)34)9-14(8-11)28(35)36/h3-5,7-9,15-18,20,29-30H,6,10H2,1-2H3,(H,26,31)(H2,24,25,32)/t15-,16-,17-,18-,20?,22?/m1/s1. The van der Waals surface area contributed by atoms with Crippen molar-refractivity contribution in [1.82, 2.24) is 16.0 Å². The number of ether oxygens (including phenoxy) is 2. The van der Waals surface area contributed by atoms with Crippen molar-refractivity contribution in [2.45, 2.75) is 48.9 Å². The van der Waals surface area contributed by atoms with E-state index < -0.39 is 74.2 Å². The highest BCUT2D eigenvalue weighted by Gasteiger charge is 2.45. The number of aliphatic hydroxyl groups excluding tert-OH is 2. The Morgan fingerprint density at radius 3 is 2.34 bits per heavy atom. The maximum absolute atomic E-state index is 12.8. The number of non-ortho nitro benzene ring substituents is 2. The number of hydrogen-bond acceptors (Lipinski definition) is 10. The molecule has 1 aliphatic heterocycles. The minimum Gasteiger partial charge on any atom is -0.388 e. The van der Waals surface area contributed by atoms with E-state index in [1.165, 1.54) is 7.11 Å². The number of benzene rings is 1. The van der Waals surface area contributed by atoms with Crippen molar-refractivity contribution in [3.8, 4) is 0 Å². The zero-order valence-corrected chi connectivity index (χ0v) is 21.0. The predicted octanol–water partition coefficient (Wildman–Crippen LogP) is 0.835. The van der Waals surface area contributed by atoms with Gasteiger partial charge in [-0.25, -0.2) is 4.79 Å². The molecule has 16 heteroatoms. The molecule has 15 nitrogen and oxygen atoms in total. The SMILES string of the molecule is COC1O[C@H](CNC(=O)NC2=CCC(C)(Cl)C=C2)[C@@H](O)[C@H](O)[C@H]1NC(=O)c1cc([N+](=O)[O-])cc([N+](=O)[O-])c1. The Labute approximate surface area is 220 Å². The largest absolute Gasteiger partial charge is 0.388 e. The fourth-order valence-corrected chi connectivity index (χ4v) is 3.94. The van der Waals surface area contributed by atoms with Crippen LogP contribution in [0.25, 0.3) is 0 Å². The van der Waals surface area contributed by atoms with E-state index in [9.17, 15) is 40.0 Å². The van der Waals surface area contributed by atoms with Gasteiger partial charge in [-0.3, -0.25) is 25.0 Å². The van der Waals surface area contributed by atoms with Gasteiger partial charge in [-0.1, -0.05) is 12.2 Å². The molecule has 0 saturated carbocycles. The molecule has 206 valence electrons. The van der Waals surface area contributed by atoms with Crippen LogP contribution in [0.5, 0.6) is 0 Å². The third-order valence-corrected chi connectivity index (χ3v) is 6.15. The number of nitrogens with one attached hydrogen (secondary N) is 3. The van der Waals surface area contributed by atoms with Gasteiger partial charge in [-0.05, 0) is 19.4 Å². The van der Waals surface area contributed by atoms with Crippen molar-refractivity contribution >= 4 is 34.9 Å². The van der Waals surface area contributed by atoms with E-state index in [4.69, 9.17) is 21.1 Å². The summed E-state index contributed by atoms with van der Waals surface area (Å²) >= 11 is 6.19. The van der Waals surface area contributed by atoms with Crippen molar-refractivity contribution in [3.05, 3.63) is 67.9 Å². The van der Waals surface area contributed by atoms with Gasteiger partial charge in [0.15, 0.2) is 6.29 Å². The summed E-state index contributed by atoms with van der Waals surface area (Å²) < 4.78 is 10.8. The van der Waals surface area contributed by atoms with E-state index >= 15 is 0 Å². The molecule has 1 fully saturated rings. The molecule has 1 aromatic rings. The van der Waals surface area contributed by atoms with E-state index in [2.05, 4.69) is 16.0 Å². The van der Waals surface area contributed by atoms with Crippen LogP contribution in [-0.4, -0.2) is 81.2 Å². The number of alkyl halides is 1. The highest BCUT2D eigenvalue weighted by atomic mass is 35.5. The highest BCUT2D eigenvalue weighted by Crippen LogP contribution is 2.27. The average molecular weight is 556 g/mol. The first-order chi connectivity index (χ1) is 17.8. The van der Waals surface area contributed by atoms with Crippen LogP contribution in [0.4, 0.5) is 16.2 Å². The normalized spacial score (nSPS) is 28.7. The van der Waals surface area contributed by atoms with Crippen LogP contribution in [0.2, 0.25) is 0 Å². The summed E-state index contributed by atoms with van der Waals surface area (Å²) in [6.07, 6.45) is -0.0887. The number of nitro benzene ring substituents is 2. The second kappa shape index (κ2) is 11.8. The maximum Gasteiger partial charge on any atom is 0.319 e. The van der Waals surface area contributed by atoms with Crippen LogP contribution < -0.4 is 16.0 Å². The van der Waals surface area contributed by atoms with Gasteiger partial charge in [0.05, 0.1) is 26.4 Å². The van der Waals surface area contributed by atoms with Crippen LogP contribution in [0.1, 0.15) is 23.7 Å². The number of aliphatic hydroxyl groups is 2. The molecule has 0 spiro atoms. The third kappa shape index (κ3) is 7.02. The molecule has 3 amide bonds. The number of hydrogen-bond donors (Lipinski definition) is 5. The molecule has 1 aliphatic carbocycles. The van der Waals surface area contributed by atoms with Gasteiger partial charge in [0, 0.05) is 31.5 Å². The number of methoxy groups -OCH3 is 1. The van der Waals surface area contributed by atoms with Crippen molar-refractivity contribution in [1.29, 1.82) is 0 Å². The number of carbonyl (C=O) groups is 2. The highest BCUT2D eigenvalue weighted by molar-refractivity contribution is 6.25. The number of allylic oxidation sites excluding steroid dienone is 3. The van der Waals surface area contributed by atoms with Crippen molar-refractivity contribution < 1.29 is 39.1 Å². The summed E-state index contributed by atoms with van der Waals surface area (Å²) in [6, 6.07) is 0.370. The lowest BCUT2D eigenvalue weighted by Crippen LogP contribution is -2.65. The van der Waals surface area contributed by atoms with Gasteiger partial charge in [0.2, 0.25) is 0 Å². The van der Waals surface area contributed by atoms with Gasteiger partial charge in [-0.2, -0.15) is 0 Å². The fourth-order valence-electron chi connectivity index (χ4n) is 3.80. The van der Waals surface area contributed by atoms with Gasteiger partial charge in [0.25, 0.3) is 17.3 Å². The van der Waals surface area contributed by atoms with Gasteiger partial charge < -0.3 is 35.6 Å². The van der Waals surface area contributed by atoms with Crippen molar-refractivity contribution in [3.63, 3.8) is 0 Å². The van der Waals surface area contributed by atoms with Crippen molar-refractivity contribution in [2.24, 2.45) is 0 Å². The number of urea groups is 1. The first kappa shape index (κ1) is 28.9. The molecule has 0 radical (unpaired) electrons. The quantitative estimate of drug-likeness (QED) is 0.173.